The van der Waals surface area contributed by atoms with E-state index in [0.717, 1.165) is 5.56 Å². The average Bonchev–Trinajstić information content (AvgIpc) is 2.74. The average molecular weight is 586 g/mol. The summed E-state index contributed by atoms with van der Waals surface area (Å²) < 4.78 is 85.6. The number of esters is 1. The molecule has 0 radical (unpaired) electrons. The minimum atomic E-state index is -5.94. The Hall–Kier alpha value is -2.32. The predicted octanol–water partition coefficient (Wildman–Crippen LogP) is 5.10. The predicted molar refractivity (Wildman–Crippen MR) is 119 cm³/mol. The second-order valence-electron chi connectivity index (χ2n) is 6.29. The smallest absolute Gasteiger partial charge is 0.400 e. The number of halogens is 4. The summed E-state index contributed by atoms with van der Waals surface area (Å²) in [7, 11) is -4.59. The van der Waals surface area contributed by atoms with Crippen molar-refractivity contribution in [2.45, 2.75) is 17.8 Å². The minimum Gasteiger partial charge on any atom is -0.493 e. The lowest BCUT2D eigenvalue weighted by Crippen LogP contribution is -2.39. The Balaban J connectivity index is 2.11. The van der Waals surface area contributed by atoms with Crippen LogP contribution in [0, 0.1) is 3.57 Å². The Morgan fingerprint density at radius 2 is 1.91 bits per heavy atom. The molecule has 0 saturated carbocycles. The maximum atomic E-state index is 13.5. The molecule has 1 unspecified atom stereocenters. The summed E-state index contributed by atoms with van der Waals surface area (Å²) in [5.41, 5.74) is 0.861. The fraction of sp³-hybridized carbons (Fsp3) is 0.250. The number of alkyl halides is 3. The quantitative estimate of drug-likeness (QED) is 0.235. The van der Waals surface area contributed by atoms with E-state index in [1.165, 1.54) is 19.2 Å². The Kier molecular flexibility index (Phi) is 8.54. The van der Waals surface area contributed by atoms with Crippen LogP contribution in [0.1, 0.15) is 22.3 Å². The van der Waals surface area contributed by atoms with Crippen LogP contribution in [0.4, 0.5) is 13.2 Å². The molecule has 0 aliphatic carbocycles. The molecule has 0 saturated heterocycles. The van der Waals surface area contributed by atoms with E-state index in [0.29, 0.717) is 15.1 Å². The van der Waals surface area contributed by atoms with Crippen molar-refractivity contribution in [3.63, 3.8) is 0 Å². The first-order valence-corrected chi connectivity index (χ1v) is 11.4. The second kappa shape index (κ2) is 10.5. The van der Waals surface area contributed by atoms with Gasteiger partial charge in [0.25, 0.3) is 0 Å². The van der Waals surface area contributed by atoms with Gasteiger partial charge >= 0.3 is 21.3 Å². The Morgan fingerprint density at radius 1 is 1.28 bits per heavy atom. The first kappa shape index (κ1) is 25.9. The van der Waals surface area contributed by atoms with E-state index in [1.54, 1.807) is 30.3 Å². The van der Waals surface area contributed by atoms with Crippen LogP contribution in [0.5, 0.6) is 17.2 Å². The topological polar surface area (TPSA) is 99.1 Å². The van der Waals surface area contributed by atoms with Gasteiger partial charge in [-0.05, 0) is 52.4 Å². The summed E-state index contributed by atoms with van der Waals surface area (Å²) in [4.78, 5) is 12.2. The van der Waals surface area contributed by atoms with Crippen LogP contribution in [0.2, 0.25) is 0 Å². The maximum Gasteiger partial charge on any atom is 0.400 e. The van der Waals surface area contributed by atoms with E-state index < -0.39 is 40.5 Å². The molecule has 7 nitrogen and oxygen atoms in total. The summed E-state index contributed by atoms with van der Waals surface area (Å²) >= 11 is 1.89. The monoisotopic (exact) mass is 586 g/mol. The van der Waals surface area contributed by atoms with Crippen molar-refractivity contribution >= 4 is 44.8 Å². The van der Waals surface area contributed by atoms with E-state index in [-0.39, 0.29) is 11.3 Å². The van der Waals surface area contributed by atoms with Crippen molar-refractivity contribution in [3.8, 4) is 17.2 Å². The molecule has 0 amide bonds. The number of carbonyl (C=O) groups is 1. The molecular weight excluding hydrogens is 568 g/mol. The Morgan fingerprint density at radius 3 is 2.44 bits per heavy atom. The van der Waals surface area contributed by atoms with Gasteiger partial charge in [-0.25, -0.2) is 9.18 Å². The number of rotatable bonds is 10. The van der Waals surface area contributed by atoms with Crippen molar-refractivity contribution in [1.29, 1.82) is 0 Å². The van der Waals surface area contributed by atoms with Gasteiger partial charge in [0.2, 0.25) is 0 Å². The van der Waals surface area contributed by atoms with Crippen LogP contribution in [0.25, 0.3) is 6.08 Å². The molecule has 174 valence electrons. The molecule has 0 fully saturated rings. The highest BCUT2D eigenvalue weighted by Crippen LogP contribution is 2.37. The van der Waals surface area contributed by atoms with Crippen molar-refractivity contribution in [2.75, 3.05) is 13.7 Å². The standard InChI is InChI=1S/C20H18F3IO7S/c1-3-12-4-6-14(7-5-12)31-18-15(24)10-13(11-16(18)29-2)19(25)30-9-8-17(21)20(22,23)32(26,27)28/h3-7,10-11,17H,1,8-9H2,2H3,(H,26,27,28). The van der Waals surface area contributed by atoms with Gasteiger partial charge in [-0.2, -0.15) is 17.2 Å². The first-order chi connectivity index (χ1) is 14.9. The zero-order valence-electron chi connectivity index (χ0n) is 16.6. The van der Waals surface area contributed by atoms with Crippen LogP contribution in [-0.4, -0.2) is 44.1 Å². The third-order valence-electron chi connectivity index (χ3n) is 4.11. The van der Waals surface area contributed by atoms with Gasteiger partial charge in [0.15, 0.2) is 17.7 Å². The highest BCUT2D eigenvalue weighted by molar-refractivity contribution is 14.1. The van der Waals surface area contributed by atoms with E-state index in [2.05, 4.69) is 6.58 Å². The molecule has 0 bridgehead atoms. The van der Waals surface area contributed by atoms with Crippen molar-refractivity contribution in [3.05, 3.63) is 57.7 Å². The lowest BCUT2D eigenvalue weighted by Gasteiger charge is -2.17. The molecule has 32 heavy (non-hydrogen) atoms. The van der Waals surface area contributed by atoms with Gasteiger partial charge < -0.3 is 14.2 Å². The van der Waals surface area contributed by atoms with Crippen molar-refractivity contribution in [1.82, 2.24) is 0 Å². The molecule has 2 aromatic carbocycles. The van der Waals surface area contributed by atoms with Crippen molar-refractivity contribution in [2.24, 2.45) is 0 Å². The number of carbonyl (C=O) groups excluding carboxylic acids is 1. The Bertz CT molecular complexity index is 1090. The van der Waals surface area contributed by atoms with E-state index in [9.17, 15) is 26.4 Å². The number of hydrogen-bond acceptors (Lipinski definition) is 6. The molecule has 0 aliphatic heterocycles. The third kappa shape index (κ3) is 6.13. The highest BCUT2D eigenvalue weighted by atomic mass is 127. The SMILES string of the molecule is C=Cc1ccc(Oc2c(I)cc(C(=O)OCCC(F)C(F)(F)S(=O)(=O)O)cc2OC)cc1. The number of benzene rings is 2. The zero-order chi connectivity index (χ0) is 24.1. The largest absolute Gasteiger partial charge is 0.493 e. The molecule has 0 heterocycles. The summed E-state index contributed by atoms with van der Waals surface area (Å²) in [5.74, 6) is 0.00640. The minimum absolute atomic E-state index is 0.0300. The zero-order valence-corrected chi connectivity index (χ0v) is 19.5. The van der Waals surface area contributed by atoms with Crippen LogP contribution >= 0.6 is 22.6 Å². The molecular formula is C20H18F3IO7S. The lowest BCUT2D eigenvalue weighted by atomic mass is 10.2. The van der Waals surface area contributed by atoms with Crippen LogP contribution in [-0.2, 0) is 14.9 Å². The van der Waals surface area contributed by atoms with Gasteiger partial charge in [-0.1, -0.05) is 24.8 Å². The molecule has 2 rings (SSSR count). The highest BCUT2D eigenvalue weighted by Gasteiger charge is 2.52. The second-order valence-corrected chi connectivity index (χ2v) is 8.95. The molecule has 2 aromatic rings. The number of methoxy groups -OCH3 is 1. The molecule has 1 atom stereocenters. The van der Waals surface area contributed by atoms with Gasteiger partial charge in [-0.3, -0.25) is 4.55 Å². The van der Waals surface area contributed by atoms with Crippen LogP contribution in [0.15, 0.2) is 43.0 Å². The molecule has 0 aromatic heterocycles. The summed E-state index contributed by atoms with van der Waals surface area (Å²) in [6.45, 7) is 2.81. The van der Waals surface area contributed by atoms with Gasteiger partial charge in [0.05, 0.1) is 22.9 Å². The summed E-state index contributed by atoms with van der Waals surface area (Å²) in [6.07, 6.45) is -2.73. The third-order valence-corrected chi connectivity index (χ3v) is 5.86. The lowest BCUT2D eigenvalue weighted by molar-refractivity contribution is -0.0163. The fourth-order valence-corrected chi connectivity index (χ4v) is 3.55. The fourth-order valence-electron chi connectivity index (χ4n) is 2.39. The van der Waals surface area contributed by atoms with E-state index in [4.69, 9.17) is 18.8 Å². The summed E-state index contributed by atoms with van der Waals surface area (Å²) in [5, 5.41) is -5.01. The van der Waals surface area contributed by atoms with Crippen LogP contribution < -0.4 is 9.47 Å². The summed E-state index contributed by atoms with van der Waals surface area (Å²) in [6, 6.07) is 9.68. The van der Waals surface area contributed by atoms with Crippen molar-refractivity contribution < 1.29 is 45.1 Å². The Labute approximate surface area is 196 Å². The molecule has 1 N–H and O–H groups in total. The van der Waals surface area contributed by atoms with E-state index in [1.807, 2.05) is 22.6 Å². The number of hydrogen-bond donors (Lipinski definition) is 1. The maximum absolute atomic E-state index is 13.5. The van der Waals surface area contributed by atoms with Crippen LogP contribution in [0.3, 0.4) is 0 Å². The van der Waals surface area contributed by atoms with Gasteiger partial charge in [-0.15, -0.1) is 0 Å². The molecule has 0 aliphatic rings. The molecule has 12 heteroatoms. The normalized spacial score (nSPS) is 12.7. The number of ether oxygens (including phenoxy) is 3. The van der Waals surface area contributed by atoms with E-state index >= 15 is 0 Å². The van der Waals surface area contributed by atoms with Gasteiger partial charge in [0.1, 0.15) is 5.75 Å². The van der Waals surface area contributed by atoms with Gasteiger partial charge in [0, 0.05) is 6.42 Å². The first-order valence-electron chi connectivity index (χ1n) is 8.84. The molecule has 0 spiro atoms.